The Hall–Kier alpha value is -2.54. The van der Waals surface area contributed by atoms with Crippen LogP contribution in [0.5, 0.6) is 11.5 Å². The maximum absolute atomic E-state index is 11.7. The van der Waals surface area contributed by atoms with Crippen molar-refractivity contribution >= 4 is 35.5 Å². The minimum absolute atomic E-state index is 0.105. The number of ether oxygens (including phenoxy) is 2. The van der Waals surface area contributed by atoms with E-state index in [0.29, 0.717) is 17.1 Å². The number of barbiturate groups is 1. The molecule has 1 fully saturated rings. The third-order valence-electron chi connectivity index (χ3n) is 2.86. The Bertz CT molecular complexity index is 690. The SMILES string of the molecule is COc1cc(C=C2C(=O)NC(=O)NC2=O)cc(Cl)c1OC(C)C. The van der Waals surface area contributed by atoms with Crippen LogP contribution in [0.25, 0.3) is 6.08 Å². The molecular weight excluding hydrogens is 324 g/mol. The largest absolute Gasteiger partial charge is 0.493 e. The quantitative estimate of drug-likeness (QED) is 0.646. The smallest absolute Gasteiger partial charge is 0.328 e. The van der Waals surface area contributed by atoms with E-state index in [2.05, 4.69) is 0 Å². The maximum atomic E-state index is 11.7. The molecule has 0 bridgehead atoms. The summed E-state index contributed by atoms with van der Waals surface area (Å²) >= 11 is 6.18. The van der Waals surface area contributed by atoms with Crippen molar-refractivity contribution in [1.82, 2.24) is 10.6 Å². The van der Waals surface area contributed by atoms with Gasteiger partial charge >= 0.3 is 6.03 Å². The summed E-state index contributed by atoms with van der Waals surface area (Å²) in [5.41, 5.74) is 0.248. The fraction of sp³-hybridized carbons (Fsp3) is 0.267. The molecule has 0 atom stereocenters. The molecule has 1 aliphatic heterocycles. The fourth-order valence-electron chi connectivity index (χ4n) is 1.95. The molecule has 8 heteroatoms. The van der Waals surface area contributed by atoms with Gasteiger partial charge in [0, 0.05) is 0 Å². The highest BCUT2D eigenvalue weighted by Gasteiger charge is 2.27. The summed E-state index contributed by atoms with van der Waals surface area (Å²) in [6.07, 6.45) is 1.21. The first-order chi connectivity index (χ1) is 10.8. The summed E-state index contributed by atoms with van der Waals surface area (Å²) in [6.45, 7) is 3.69. The van der Waals surface area contributed by atoms with Gasteiger partial charge < -0.3 is 9.47 Å². The summed E-state index contributed by atoms with van der Waals surface area (Å²) in [6, 6.07) is 2.26. The molecule has 23 heavy (non-hydrogen) atoms. The molecule has 0 spiro atoms. The van der Waals surface area contributed by atoms with Gasteiger partial charge in [-0.1, -0.05) is 11.6 Å². The number of hydrogen-bond donors (Lipinski definition) is 2. The Labute approximate surface area is 137 Å². The molecule has 0 unspecified atom stereocenters. The summed E-state index contributed by atoms with van der Waals surface area (Å²) in [5.74, 6) is -0.822. The van der Waals surface area contributed by atoms with Gasteiger partial charge in [0.2, 0.25) is 0 Å². The first-order valence-electron chi connectivity index (χ1n) is 6.74. The third-order valence-corrected chi connectivity index (χ3v) is 3.14. The lowest BCUT2D eigenvalue weighted by atomic mass is 10.1. The van der Waals surface area contributed by atoms with Crippen LogP contribution in [0, 0.1) is 0 Å². The predicted molar refractivity (Wildman–Crippen MR) is 83.4 cm³/mol. The maximum Gasteiger partial charge on any atom is 0.328 e. The number of rotatable bonds is 4. The number of halogens is 1. The molecular formula is C15H15ClN2O5. The summed E-state index contributed by atoms with van der Waals surface area (Å²) in [5, 5.41) is 4.26. The number of imide groups is 2. The van der Waals surface area contributed by atoms with E-state index < -0.39 is 17.8 Å². The molecule has 7 nitrogen and oxygen atoms in total. The summed E-state index contributed by atoms with van der Waals surface area (Å²) < 4.78 is 10.8. The van der Waals surface area contributed by atoms with Crippen LogP contribution in [0.15, 0.2) is 17.7 Å². The van der Waals surface area contributed by atoms with E-state index in [0.717, 1.165) is 0 Å². The minimum atomic E-state index is -0.853. The molecule has 1 aromatic carbocycles. The zero-order chi connectivity index (χ0) is 17.1. The van der Waals surface area contributed by atoms with E-state index in [-0.39, 0.29) is 16.7 Å². The monoisotopic (exact) mass is 338 g/mol. The van der Waals surface area contributed by atoms with Gasteiger partial charge in [0.15, 0.2) is 11.5 Å². The van der Waals surface area contributed by atoms with Crippen molar-refractivity contribution in [3.8, 4) is 11.5 Å². The van der Waals surface area contributed by atoms with E-state index in [1.165, 1.54) is 19.3 Å². The van der Waals surface area contributed by atoms with Gasteiger partial charge in [0.25, 0.3) is 11.8 Å². The average molecular weight is 339 g/mol. The van der Waals surface area contributed by atoms with Gasteiger partial charge in [-0.15, -0.1) is 0 Å². The highest BCUT2D eigenvalue weighted by molar-refractivity contribution is 6.33. The molecule has 0 aromatic heterocycles. The van der Waals surface area contributed by atoms with Crippen LogP contribution in [-0.4, -0.2) is 31.1 Å². The number of hydrogen-bond acceptors (Lipinski definition) is 5. The molecule has 2 N–H and O–H groups in total. The molecule has 122 valence electrons. The van der Waals surface area contributed by atoms with Crippen molar-refractivity contribution in [3.63, 3.8) is 0 Å². The number of amides is 4. The first kappa shape index (κ1) is 16.8. The van der Waals surface area contributed by atoms with Gasteiger partial charge in [-0.3, -0.25) is 20.2 Å². The van der Waals surface area contributed by atoms with Crippen LogP contribution in [0.1, 0.15) is 19.4 Å². The molecule has 1 heterocycles. The fourth-order valence-corrected chi connectivity index (χ4v) is 2.21. The Kier molecular flexibility index (Phi) is 4.90. The average Bonchev–Trinajstić information content (AvgIpc) is 2.44. The standard InChI is InChI=1S/C15H15ClN2O5/c1-7(2)23-12-10(16)5-8(6-11(12)22-3)4-9-13(19)17-15(21)18-14(9)20/h4-7H,1-3H3,(H2,17,18,19,20,21). The number of benzene rings is 1. The summed E-state index contributed by atoms with van der Waals surface area (Å²) in [4.78, 5) is 34.5. The zero-order valence-corrected chi connectivity index (χ0v) is 13.5. The summed E-state index contributed by atoms with van der Waals surface area (Å²) in [7, 11) is 1.45. The van der Waals surface area contributed by atoms with E-state index in [1.54, 1.807) is 6.07 Å². The number of methoxy groups -OCH3 is 1. The van der Waals surface area contributed by atoms with Crippen LogP contribution in [0.3, 0.4) is 0 Å². The van der Waals surface area contributed by atoms with Crippen molar-refractivity contribution in [2.75, 3.05) is 7.11 Å². The molecule has 0 radical (unpaired) electrons. The molecule has 1 saturated heterocycles. The van der Waals surface area contributed by atoms with Crippen molar-refractivity contribution < 1.29 is 23.9 Å². The topological polar surface area (TPSA) is 93.7 Å². The predicted octanol–water partition coefficient (Wildman–Crippen LogP) is 1.89. The number of carbonyl (C=O) groups excluding carboxylic acids is 3. The van der Waals surface area contributed by atoms with Crippen molar-refractivity contribution in [2.45, 2.75) is 20.0 Å². The normalized spacial score (nSPS) is 14.5. The highest BCUT2D eigenvalue weighted by Crippen LogP contribution is 2.37. The van der Waals surface area contributed by atoms with Crippen molar-refractivity contribution in [3.05, 3.63) is 28.3 Å². The molecule has 0 saturated carbocycles. The lowest BCUT2D eigenvalue weighted by Crippen LogP contribution is -2.51. The number of nitrogens with one attached hydrogen (secondary N) is 2. The van der Waals surface area contributed by atoms with Gasteiger partial charge in [0.1, 0.15) is 5.57 Å². The van der Waals surface area contributed by atoms with Gasteiger partial charge in [-0.2, -0.15) is 0 Å². The second-order valence-corrected chi connectivity index (χ2v) is 5.40. The molecule has 1 aliphatic rings. The Morgan fingerprint density at radius 3 is 2.26 bits per heavy atom. The van der Waals surface area contributed by atoms with Crippen molar-refractivity contribution in [1.29, 1.82) is 0 Å². The molecule has 4 amide bonds. The lowest BCUT2D eigenvalue weighted by molar-refractivity contribution is -0.123. The molecule has 1 aromatic rings. The Balaban J connectivity index is 2.43. The Morgan fingerprint density at radius 2 is 1.74 bits per heavy atom. The first-order valence-corrected chi connectivity index (χ1v) is 7.12. The zero-order valence-electron chi connectivity index (χ0n) is 12.7. The second kappa shape index (κ2) is 6.70. The van der Waals surface area contributed by atoms with E-state index in [1.807, 2.05) is 24.5 Å². The van der Waals surface area contributed by atoms with Gasteiger partial charge in [-0.05, 0) is 37.6 Å². The van der Waals surface area contributed by atoms with Gasteiger partial charge in [0.05, 0.1) is 18.2 Å². The van der Waals surface area contributed by atoms with Crippen LogP contribution < -0.4 is 20.1 Å². The van der Waals surface area contributed by atoms with Crippen molar-refractivity contribution in [2.24, 2.45) is 0 Å². The van der Waals surface area contributed by atoms with E-state index >= 15 is 0 Å². The van der Waals surface area contributed by atoms with E-state index in [4.69, 9.17) is 21.1 Å². The van der Waals surface area contributed by atoms with Crippen LogP contribution in [0.4, 0.5) is 4.79 Å². The second-order valence-electron chi connectivity index (χ2n) is 5.00. The van der Waals surface area contributed by atoms with E-state index in [9.17, 15) is 14.4 Å². The third kappa shape index (κ3) is 3.81. The van der Waals surface area contributed by atoms with Crippen LogP contribution in [0.2, 0.25) is 5.02 Å². The van der Waals surface area contributed by atoms with Crippen LogP contribution >= 0.6 is 11.6 Å². The van der Waals surface area contributed by atoms with Crippen LogP contribution in [-0.2, 0) is 9.59 Å². The Morgan fingerprint density at radius 1 is 1.13 bits per heavy atom. The lowest BCUT2D eigenvalue weighted by Gasteiger charge is -2.17. The molecule has 2 rings (SSSR count). The van der Waals surface area contributed by atoms with Gasteiger partial charge in [-0.25, -0.2) is 4.79 Å². The number of urea groups is 1. The molecule has 0 aliphatic carbocycles. The number of carbonyl (C=O) groups is 3. The highest BCUT2D eigenvalue weighted by atomic mass is 35.5. The minimum Gasteiger partial charge on any atom is -0.493 e.